The molecule has 28 heavy (non-hydrogen) atoms. The molecule has 0 saturated carbocycles. The standard InChI is InChI=1S/C20H18BrN3O2S2/c1-24(10-19(25)23-17-8-4-3-7-16(17)21)20(26)15-6-2-5-9-18(15)28-12-14-11-27-13-22-14/h2-9,11,13H,10,12H2,1H3,(H,23,25). The van der Waals surface area contributed by atoms with Crippen molar-refractivity contribution in [3.63, 3.8) is 0 Å². The fraction of sp³-hybridized carbons (Fsp3) is 0.150. The molecule has 3 aromatic rings. The van der Waals surface area contributed by atoms with Crippen LogP contribution >= 0.6 is 39.0 Å². The summed E-state index contributed by atoms with van der Waals surface area (Å²) in [6.45, 7) is -0.0365. The Balaban J connectivity index is 1.64. The molecule has 8 heteroatoms. The first kappa shape index (κ1) is 20.6. The van der Waals surface area contributed by atoms with E-state index in [1.807, 2.05) is 41.8 Å². The Bertz CT molecular complexity index is 964. The molecular weight excluding hydrogens is 458 g/mol. The number of rotatable bonds is 7. The number of para-hydroxylation sites is 1. The summed E-state index contributed by atoms with van der Waals surface area (Å²) in [4.78, 5) is 31.8. The molecule has 0 saturated heterocycles. The van der Waals surface area contributed by atoms with E-state index in [9.17, 15) is 9.59 Å². The van der Waals surface area contributed by atoms with Crippen LogP contribution in [-0.2, 0) is 10.5 Å². The van der Waals surface area contributed by atoms with Gasteiger partial charge in [-0.1, -0.05) is 24.3 Å². The van der Waals surface area contributed by atoms with E-state index in [-0.39, 0.29) is 18.4 Å². The predicted octanol–water partition coefficient (Wildman–Crippen LogP) is 4.91. The number of amides is 2. The largest absolute Gasteiger partial charge is 0.332 e. The maximum atomic E-state index is 12.9. The minimum Gasteiger partial charge on any atom is -0.332 e. The first-order valence-corrected chi connectivity index (χ1v) is 11.2. The Kier molecular flexibility index (Phi) is 7.24. The molecule has 0 unspecified atom stereocenters. The third-order valence-corrected chi connectivity index (χ3v) is 6.29. The van der Waals surface area contributed by atoms with Gasteiger partial charge in [-0.25, -0.2) is 4.98 Å². The molecule has 1 N–H and O–H groups in total. The normalized spacial score (nSPS) is 10.5. The predicted molar refractivity (Wildman–Crippen MR) is 118 cm³/mol. The van der Waals surface area contributed by atoms with Crippen molar-refractivity contribution < 1.29 is 9.59 Å². The molecule has 1 heterocycles. The summed E-state index contributed by atoms with van der Waals surface area (Å²) in [5.74, 6) is 0.249. The van der Waals surface area contributed by atoms with Gasteiger partial charge < -0.3 is 10.2 Å². The van der Waals surface area contributed by atoms with Gasteiger partial charge >= 0.3 is 0 Å². The highest BCUT2D eigenvalue weighted by Gasteiger charge is 2.18. The van der Waals surface area contributed by atoms with E-state index in [1.165, 1.54) is 4.90 Å². The van der Waals surface area contributed by atoms with Crippen LogP contribution in [0.4, 0.5) is 5.69 Å². The van der Waals surface area contributed by atoms with Gasteiger partial charge in [0.1, 0.15) is 0 Å². The third-order valence-electron chi connectivity index (χ3n) is 3.85. The number of carbonyl (C=O) groups is 2. The van der Waals surface area contributed by atoms with Crippen molar-refractivity contribution in [2.75, 3.05) is 18.9 Å². The number of nitrogens with zero attached hydrogens (tertiary/aromatic N) is 2. The van der Waals surface area contributed by atoms with E-state index in [0.29, 0.717) is 17.0 Å². The van der Waals surface area contributed by atoms with Gasteiger partial charge in [0.05, 0.1) is 29.0 Å². The molecule has 0 bridgehead atoms. The number of benzene rings is 2. The lowest BCUT2D eigenvalue weighted by Crippen LogP contribution is -2.35. The van der Waals surface area contributed by atoms with Gasteiger partial charge in [0.25, 0.3) is 5.91 Å². The van der Waals surface area contributed by atoms with Gasteiger partial charge in [-0.05, 0) is 40.2 Å². The highest BCUT2D eigenvalue weighted by atomic mass is 79.9. The molecule has 5 nitrogen and oxygen atoms in total. The topological polar surface area (TPSA) is 62.3 Å². The van der Waals surface area contributed by atoms with Crippen molar-refractivity contribution >= 4 is 56.5 Å². The SMILES string of the molecule is CN(CC(=O)Nc1ccccc1Br)C(=O)c1ccccc1SCc1cscn1. The molecule has 3 rings (SSSR count). The minimum atomic E-state index is -0.254. The number of halogens is 1. The summed E-state index contributed by atoms with van der Waals surface area (Å²) in [7, 11) is 1.63. The van der Waals surface area contributed by atoms with Crippen LogP contribution in [0.5, 0.6) is 0 Å². The number of anilines is 1. The van der Waals surface area contributed by atoms with Gasteiger partial charge in [-0.2, -0.15) is 0 Å². The Labute approximate surface area is 180 Å². The number of hydrogen-bond donors (Lipinski definition) is 1. The van der Waals surface area contributed by atoms with Gasteiger partial charge in [0.2, 0.25) is 5.91 Å². The fourth-order valence-electron chi connectivity index (χ4n) is 2.47. The third kappa shape index (κ3) is 5.43. The molecule has 2 amide bonds. The van der Waals surface area contributed by atoms with Crippen LogP contribution in [0.2, 0.25) is 0 Å². The number of likely N-dealkylation sites (N-methyl/N-ethyl adjacent to an activating group) is 1. The lowest BCUT2D eigenvalue weighted by atomic mass is 10.2. The molecule has 0 aliphatic heterocycles. The molecule has 144 valence electrons. The summed E-state index contributed by atoms with van der Waals surface area (Å²) in [5.41, 5.74) is 4.04. The summed E-state index contributed by atoms with van der Waals surface area (Å²) in [5, 5.41) is 4.81. The maximum absolute atomic E-state index is 12.9. The van der Waals surface area contributed by atoms with Gasteiger partial charge in [0, 0.05) is 27.5 Å². The van der Waals surface area contributed by atoms with E-state index in [1.54, 1.807) is 47.8 Å². The zero-order chi connectivity index (χ0) is 19.9. The monoisotopic (exact) mass is 475 g/mol. The van der Waals surface area contributed by atoms with Crippen LogP contribution in [0.25, 0.3) is 0 Å². The van der Waals surface area contributed by atoms with Crippen LogP contribution in [0.3, 0.4) is 0 Å². The van der Waals surface area contributed by atoms with Crippen LogP contribution < -0.4 is 5.32 Å². The van der Waals surface area contributed by atoms with Crippen molar-refractivity contribution in [2.24, 2.45) is 0 Å². The first-order chi connectivity index (χ1) is 13.5. The van der Waals surface area contributed by atoms with E-state index in [2.05, 4.69) is 26.2 Å². The van der Waals surface area contributed by atoms with Gasteiger partial charge in [-0.3, -0.25) is 9.59 Å². The molecule has 0 spiro atoms. The second-order valence-corrected chi connectivity index (χ2v) is 8.54. The average Bonchev–Trinajstić information content (AvgIpc) is 3.21. The lowest BCUT2D eigenvalue weighted by molar-refractivity contribution is -0.116. The quantitative estimate of drug-likeness (QED) is 0.493. The number of carbonyl (C=O) groups excluding carboxylic acids is 2. The molecule has 0 radical (unpaired) electrons. The summed E-state index contributed by atoms with van der Waals surface area (Å²) in [6.07, 6.45) is 0. The van der Waals surface area contributed by atoms with Gasteiger partial charge in [0.15, 0.2) is 0 Å². The van der Waals surface area contributed by atoms with E-state index < -0.39 is 0 Å². The zero-order valence-electron chi connectivity index (χ0n) is 15.1. The van der Waals surface area contributed by atoms with E-state index >= 15 is 0 Å². The molecular formula is C20H18BrN3O2S2. The van der Waals surface area contributed by atoms with Crippen molar-refractivity contribution in [3.8, 4) is 0 Å². The van der Waals surface area contributed by atoms with Crippen LogP contribution in [0, 0.1) is 0 Å². The maximum Gasteiger partial charge on any atom is 0.255 e. The average molecular weight is 476 g/mol. The number of aromatic nitrogens is 1. The van der Waals surface area contributed by atoms with Crippen LogP contribution in [-0.4, -0.2) is 35.3 Å². The van der Waals surface area contributed by atoms with Crippen LogP contribution in [0.15, 0.2) is 68.8 Å². The summed E-state index contributed by atoms with van der Waals surface area (Å²) < 4.78 is 0.793. The molecule has 1 aromatic heterocycles. The molecule has 0 fully saturated rings. The summed E-state index contributed by atoms with van der Waals surface area (Å²) in [6, 6.07) is 14.8. The minimum absolute atomic E-state index is 0.0365. The number of hydrogen-bond acceptors (Lipinski definition) is 5. The van der Waals surface area contributed by atoms with Crippen molar-refractivity contribution in [2.45, 2.75) is 10.6 Å². The summed E-state index contributed by atoms with van der Waals surface area (Å²) >= 11 is 6.51. The second kappa shape index (κ2) is 9.86. The lowest BCUT2D eigenvalue weighted by Gasteiger charge is -2.19. The number of nitrogens with one attached hydrogen (secondary N) is 1. The first-order valence-electron chi connectivity index (χ1n) is 8.43. The Morgan fingerprint density at radius 2 is 1.93 bits per heavy atom. The van der Waals surface area contributed by atoms with Crippen molar-refractivity contribution in [1.82, 2.24) is 9.88 Å². The Morgan fingerprint density at radius 3 is 2.68 bits per heavy atom. The molecule has 0 aliphatic carbocycles. The highest BCUT2D eigenvalue weighted by molar-refractivity contribution is 9.10. The smallest absolute Gasteiger partial charge is 0.255 e. The fourth-order valence-corrected chi connectivity index (χ4v) is 4.47. The van der Waals surface area contributed by atoms with Crippen molar-refractivity contribution in [1.29, 1.82) is 0 Å². The Morgan fingerprint density at radius 1 is 1.18 bits per heavy atom. The molecule has 0 aliphatic rings. The number of thioether (sulfide) groups is 1. The van der Waals surface area contributed by atoms with E-state index in [0.717, 1.165) is 15.1 Å². The molecule has 2 aromatic carbocycles. The zero-order valence-corrected chi connectivity index (χ0v) is 18.3. The highest BCUT2D eigenvalue weighted by Crippen LogP contribution is 2.27. The molecule has 0 atom stereocenters. The number of thiazole rings is 1. The second-order valence-electron chi connectivity index (χ2n) is 5.95. The van der Waals surface area contributed by atoms with Crippen LogP contribution in [0.1, 0.15) is 16.1 Å². The van der Waals surface area contributed by atoms with E-state index in [4.69, 9.17) is 0 Å². The van der Waals surface area contributed by atoms with Crippen molar-refractivity contribution in [3.05, 3.63) is 75.2 Å². The van der Waals surface area contributed by atoms with Gasteiger partial charge in [-0.15, -0.1) is 23.1 Å². The Hall–Kier alpha value is -2.16.